The van der Waals surface area contributed by atoms with Gasteiger partial charge in [0.2, 0.25) is 5.91 Å². The number of imide groups is 1. The van der Waals surface area contributed by atoms with E-state index in [1.807, 2.05) is 6.92 Å². The zero-order valence-corrected chi connectivity index (χ0v) is 16.3. The van der Waals surface area contributed by atoms with E-state index in [1.165, 1.54) is 6.07 Å². The molecule has 2 heterocycles. The summed E-state index contributed by atoms with van der Waals surface area (Å²) in [5.41, 5.74) is -0.205. The summed E-state index contributed by atoms with van der Waals surface area (Å²) in [5, 5.41) is 5.05. The molecule has 2 saturated heterocycles. The Labute approximate surface area is 168 Å². The van der Waals surface area contributed by atoms with Crippen LogP contribution in [0.4, 0.5) is 13.6 Å². The number of urea groups is 1. The van der Waals surface area contributed by atoms with Crippen LogP contribution in [0.25, 0.3) is 0 Å². The van der Waals surface area contributed by atoms with Crippen molar-refractivity contribution in [3.05, 3.63) is 35.4 Å². The summed E-state index contributed by atoms with van der Waals surface area (Å²) in [7, 11) is 0. The molecular weight excluding hydrogens is 380 g/mol. The summed E-state index contributed by atoms with van der Waals surface area (Å²) in [4.78, 5) is 38.5. The van der Waals surface area contributed by atoms with Crippen LogP contribution in [0.1, 0.15) is 50.5 Å². The molecular formula is C21H25F2N3O3. The molecule has 29 heavy (non-hydrogen) atoms. The number of piperidine rings is 1. The maximum absolute atomic E-state index is 13.6. The second kappa shape index (κ2) is 7.39. The molecule has 156 valence electrons. The van der Waals surface area contributed by atoms with E-state index < -0.39 is 23.2 Å². The highest BCUT2D eigenvalue weighted by Crippen LogP contribution is 2.44. The van der Waals surface area contributed by atoms with Gasteiger partial charge in [-0.2, -0.15) is 0 Å². The predicted molar refractivity (Wildman–Crippen MR) is 101 cm³/mol. The van der Waals surface area contributed by atoms with Gasteiger partial charge in [0.05, 0.1) is 0 Å². The molecule has 1 aromatic carbocycles. The Hall–Kier alpha value is -2.51. The lowest BCUT2D eigenvalue weighted by Gasteiger charge is -2.38. The third kappa shape index (κ3) is 3.72. The van der Waals surface area contributed by atoms with Crippen molar-refractivity contribution < 1.29 is 23.2 Å². The van der Waals surface area contributed by atoms with Gasteiger partial charge in [-0.1, -0.05) is 13.0 Å². The zero-order valence-electron chi connectivity index (χ0n) is 16.3. The van der Waals surface area contributed by atoms with Crippen molar-refractivity contribution in [1.29, 1.82) is 0 Å². The van der Waals surface area contributed by atoms with E-state index in [2.05, 4.69) is 10.6 Å². The van der Waals surface area contributed by atoms with E-state index in [0.717, 1.165) is 24.5 Å². The summed E-state index contributed by atoms with van der Waals surface area (Å²) < 4.78 is 26.8. The smallest absolute Gasteiger partial charge is 0.322 e. The van der Waals surface area contributed by atoms with Crippen LogP contribution >= 0.6 is 0 Å². The molecule has 0 unspecified atom stereocenters. The minimum Gasteiger partial charge on any atom is -0.342 e. The molecule has 1 aliphatic carbocycles. The molecule has 0 aromatic heterocycles. The van der Waals surface area contributed by atoms with Crippen LogP contribution in [0.15, 0.2) is 18.2 Å². The summed E-state index contributed by atoms with van der Waals surface area (Å²) in [5.74, 6) is -1.83. The Morgan fingerprint density at radius 3 is 2.55 bits per heavy atom. The predicted octanol–water partition coefficient (Wildman–Crippen LogP) is 2.69. The first-order chi connectivity index (χ1) is 13.8. The van der Waals surface area contributed by atoms with Crippen molar-refractivity contribution in [2.45, 2.75) is 50.5 Å². The SMILES string of the molecule is C[C@H]1CN(C(=O)CC[C@@]2(C3CC3)NC(=O)NC2=O)CC[C@@H]1c1ccc(F)c(F)c1. The number of hydrogen-bond acceptors (Lipinski definition) is 3. The normalized spacial score (nSPS) is 29.6. The third-order valence-electron chi connectivity index (χ3n) is 6.61. The van der Waals surface area contributed by atoms with Crippen LogP contribution in [0.5, 0.6) is 0 Å². The van der Waals surface area contributed by atoms with Crippen LogP contribution in [0.3, 0.4) is 0 Å². The van der Waals surface area contributed by atoms with E-state index in [4.69, 9.17) is 0 Å². The van der Waals surface area contributed by atoms with Crippen molar-refractivity contribution in [3.63, 3.8) is 0 Å². The van der Waals surface area contributed by atoms with Crippen LogP contribution in [0, 0.1) is 23.5 Å². The molecule has 1 aromatic rings. The lowest BCUT2D eigenvalue weighted by Crippen LogP contribution is -2.50. The highest BCUT2D eigenvalue weighted by molar-refractivity contribution is 6.07. The summed E-state index contributed by atoms with van der Waals surface area (Å²) >= 11 is 0. The molecule has 1 saturated carbocycles. The van der Waals surface area contributed by atoms with E-state index in [9.17, 15) is 23.2 Å². The molecule has 4 rings (SSSR count). The largest absolute Gasteiger partial charge is 0.342 e. The first kappa shape index (κ1) is 19.8. The van der Waals surface area contributed by atoms with Gasteiger partial charge in [0.15, 0.2) is 11.6 Å². The molecule has 3 fully saturated rings. The van der Waals surface area contributed by atoms with Gasteiger partial charge in [-0.3, -0.25) is 14.9 Å². The number of hydrogen-bond donors (Lipinski definition) is 2. The molecule has 3 aliphatic rings. The van der Waals surface area contributed by atoms with Gasteiger partial charge in [0, 0.05) is 19.5 Å². The van der Waals surface area contributed by atoms with Crippen molar-refractivity contribution in [2.75, 3.05) is 13.1 Å². The Balaban J connectivity index is 1.36. The third-order valence-corrected chi connectivity index (χ3v) is 6.61. The number of rotatable bonds is 5. The summed E-state index contributed by atoms with van der Waals surface area (Å²) in [6.45, 7) is 3.06. The highest BCUT2D eigenvalue weighted by atomic mass is 19.2. The Morgan fingerprint density at radius 1 is 1.21 bits per heavy atom. The van der Waals surface area contributed by atoms with Gasteiger partial charge in [0.25, 0.3) is 5.91 Å². The van der Waals surface area contributed by atoms with Crippen molar-refractivity contribution in [3.8, 4) is 0 Å². The number of benzene rings is 1. The number of nitrogens with zero attached hydrogens (tertiary/aromatic N) is 1. The van der Waals surface area contributed by atoms with Gasteiger partial charge in [-0.15, -0.1) is 0 Å². The standard InChI is InChI=1S/C21H25F2N3O3/c1-12-11-26(9-7-15(12)13-2-5-16(22)17(23)10-13)18(27)6-8-21(14-3-4-14)19(28)24-20(29)25-21/h2,5,10,12,14-15H,3-4,6-9,11H2,1H3,(H2,24,25,28,29)/t12-,15-,21-/m0/s1. The number of nitrogens with one attached hydrogen (secondary N) is 2. The Bertz CT molecular complexity index is 858. The second-order valence-electron chi connectivity index (χ2n) is 8.54. The minimum absolute atomic E-state index is 0.0467. The minimum atomic E-state index is -0.956. The fraction of sp³-hybridized carbons (Fsp3) is 0.571. The van der Waals surface area contributed by atoms with E-state index in [-0.39, 0.29) is 36.0 Å². The van der Waals surface area contributed by atoms with E-state index in [0.29, 0.717) is 25.9 Å². The number of likely N-dealkylation sites (tertiary alicyclic amines) is 1. The number of halogens is 2. The lowest BCUT2D eigenvalue weighted by atomic mass is 9.81. The van der Waals surface area contributed by atoms with Crippen LogP contribution in [0.2, 0.25) is 0 Å². The molecule has 0 radical (unpaired) electrons. The number of amides is 4. The first-order valence-corrected chi connectivity index (χ1v) is 10.2. The van der Waals surface area contributed by atoms with Crippen LogP contribution in [-0.2, 0) is 9.59 Å². The van der Waals surface area contributed by atoms with Crippen LogP contribution in [-0.4, -0.2) is 41.4 Å². The van der Waals surface area contributed by atoms with Crippen molar-refractivity contribution >= 4 is 17.8 Å². The number of carbonyl (C=O) groups excluding carboxylic acids is 3. The fourth-order valence-corrected chi connectivity index (χ4v) is 4.82. The van der Waals surface area contributed by atoms with E-state index >= 15 is 0 Å². The second-order valence-corrected chi connectivity index (χ2v) is 8.54. The molecule has 2 aliphatic heterocycles. The summed E-state index contributed by atoms with van der Waals surface area (Å²) in [6, 6.07) is 3.51. The van der Waals surface area contributed by atoms with Gasteiger partial charge < -0.3 is 10.2 Å². The van der Waals surface area contributed by atoms with E-state index in [1.54, 1.807) is 11.0 Å². The van der Waals surface area contributed by atoms with Gasteiger partial charge >= 0.3 is 6.03 Å². The first-order valence-electron chi connectivity index (χ1n) is 10.2. The Morgan fingerprint density at radius 2 is 1.97 bits per heavy atom. The maximum Gasteiger partial charge on any atom is 0.322 e. The molecule has 0 spiro atoms. The quantitative estimate of drug-likeness (QED) is 0.740. The lowest BCUT2D eigenvalue weighted by molar-refractivity contribution is -0.134. The topological polar surface area (TPSA) is 78.5 Å². The average molecular weight is 405 g/mol. The molecule has 8 heteroatoms. The summed E-state index contributed by atoms with van der Waals surface area (Å²) in [6.07, 6.45) is 2.90. The molecule has 6 nitrogen and oxygen atoms in total. The highest BCUT2D eigenvalue weighted by Gasteiger charge is 2.55. The van der Waals surface area contributed by atoms with Crippen LogP contribution < -0.4 is 10.6 Å². The van der Waals surface area contributed by atoms with Gasteiger partial charge in [-0.25, -0.2) is 13.6 Å². The average Bonchev–Trinajstić information content (AvgIpc) is 3.48. The Kier molecular flexibility index (Phi) is 5.04. The molecule has 0 bridgehead atoms. The fourth-order valence-electron chi connectivity index (χ4n) is 4.82. The number of carbonyl (C=O) groups is 3. The monoisotopic (exact) mass is 405 g/mol. The van der Waals surface area contributed by atoms with Crippen molar-refractivity contribution in [2.24, 2.45) is 11.8 Å². The molecule has 4 amide bonds. The van der Waals surface area contributed by atoms with Gasteiger partial charge in [-0.05, 0) is 61.1 Å². The van der Waals surface area contributed by atoms with Gasteiger partial charge in [0.1, 0.15) is 5.54 Å². The van der Waals surface area contributed by atoms with Crippen molar-refractivity contribution in [1.82, 2.24) is 15.5 Å². The molecule has 3 atom stereocenters. The zero-order chi connectivity index (χ0) is 20.8. The molecule has 2 N–H and O–H groups in total. The maximum atomic E-state index is 13.6.